The fraction of sp³-hybridized carbons (Fsp3) is 0.192. The predicted octanol–water partition coefficient (Wildman–Crippen LogP) is 4.61. The van der Waals surface area contributed by atoms with Gasteiger partial charge in [0.15, 0.2) is 0 Å². The van der Waals surface area contributed by atoms with Crippen LogP contribution in [0.15, 0.2) is 79.4 Å². The number of rotatable bonds is 9. The van der Waals surface area contributed by atoms with Crippen LogP contribution in [0.25, 0.3) is 11.1 Å². The summed E-state index contributed by atoms with van der Waals surface area (Å²) in [6.07, 6.45) is 1.54. The van der Waals surface area contributed by atoms with Crippen LogP contribution >= 0.6 is 0 Å². The van der Waals surface area contributed by atoms with Gasteiger partial charge in [-0.3, -0.25) is 0 Å². The van der Waals surface area contributed by atoms with Crippen molar-refractivity contribution in [2.45, 2.75) is 19.2 Å². The summed E-state index contributed by atoms with van der Waals surface area (Å²) in [5, 5.41) is 1.04. The van der Waals surface area contributed by atoms with E-state index in [9.17, 15) is 4.79 Å². The molecule has 3 rings (SSSR count). The van der Waals surface area contributed by atoms with E-state index in [0.717, 1.165) is 10.9 Å². The van der Waals surface area contributed by atoms with Crippen molar-refractivity contribution in [2.75, 3.05) is 13.2 Å². The van der Waals surface area contributed by atoms with Gasteiger partial charge in [-0.25, -0.2) is 0 Å². The first-order valence-corrected chi connectivity index (χ1v) is 11.9. The summed E-state index contributed by atoms with van der Waals surface area (Å²) in [6, 6.07) is 23.6. The van der Waals surface area contributed by atoms with Crippen LogP contribution in [0.1, 0.15) is 16.7 Å². The third-order valence-electron chi connectivity index (χ3n) is 4.60. The molecule has 0 bridgehead atoms. The number of hydrogen-bond acceptors (Lipinski definition) is 3. The molecule has 3 aromatic rings. The Morgan fingerprint density at radius 2 is 1.63 bits per heavy atom. The van der Waals surface area contributed by atoms with Gasteiger partial charge in [0.05, 0.1) is 0 Å². The van der Waals surface area contributed by atoms with Gasteiger partial charge in [-0.05, 0) is 0 Å². The van der Waals surface area contributed by atoms with Gasteiger partial charge in [0, 0.05) is 0 Å². The third kappa shape index (κ3) is 6.35. The summed E-state index contributed by atoms with van der Waals surface area (Å²) in [5.41, 5.74) is 6.14. The predicted molar refractivity (Wildman–Crippen MR) is 124 cm³/mol. The summed E-state index contributed by atoms with van der Waals surface area (Å²) < 4.78 is 11.8. The second-order valence-electron chi connectivity index (χ2n) is 7.04. The van der Waals surface area contributed by atoms with Gasteiger partial charge in [-0.1, -0.05) is 0 Å². The van der Waals surface area contributed by atoms with E-state index in [1.807, 2.05) is 13.0 Å². The Hall–Kier alpha value is -2.81. The minimum atomic E-state index is -0.392. The molecule has 0 unspecified atom stereocenters. The van der Waals surface area contributed by atoms with Crippen molar-refractivity contribution < 1.29 is 14.3 Å². The molecule has 0 aliphatic rings. The van der Waals surface area contributed by atoms with Gasteiger partial charge in [0.1, 0.15) is 0 Å². The first kappa shape index (κ1) is 21.9. The molecule has 154 valence electrons. The van der Waals surface area contributed by atoms with E-state index < -0.39 is 5.97 Å². The van der Waals surface area contributed by atoms with Gasteiger partial charge in [0.2, 0.25) is 0 Å². The summed E-state index contributed by atoms with van der Waals surface area (Å²) in [5.74, 6) is 0.323. The topological polar surface area (TPSA) is 35.5 Å². The first-order valence-electron chi connectivity index (χ1n) is 9.84. The molecule has 30 heavy (non-hydrogen) atoms. The van der Waals surface area contributed by atoms with Crippen LogP contribution in [0, 0.1) is 13.8 Å². The summed E-state index contributed by atoms with van der Waals surface area (Å²) in [6.45, 7) is 7.74. The van der Waals surface area contributed by atoms with Crippen molar-refractivity contribution in [1.29, 1.82) is 0 Å². The SMILES string of the molecule is C=CCOC(=O)COc1ccc([Se]Cc2ccc(-c3ccc(C)cc3)cc2)cc1C. The fourth-order valence-corrected chi connectivity index (χ4v) is 4.90. The van der Waals surface area contributed by atoms with E-state index >= 15 is 0 Å². The molecule has 0 amide bonds. The average Bonchev–Trinajstić information content (AvgIpc) is 2.76. The summed E-state index contributed by atoms with van der Waals surface area (Å²) >= 11 is 0.331. The average molecular weight is 465 g/mol. The Bertz CT molecular complexity index is 992. The van der Waals surface area contributed by atoms with Crippen molar-refractivity contribution in [2.24, 2.45) is 0 Å². The summed E-state index contributed by atoms with van der Waals surface area (Å²) in [4.78, 5) is 11.6. The maximum atomic E-state index is 11.6. The van der Waals surface area contributed by atoms with Crippen molar-refractivity contribution in [3.63, 3.8) is 0 Å². The number of benzene rings is 3. The van der Waals surface area contributed by atoms with Gasteiger partial charge in [-0.15, -0.1) is 0 Å². The molecule has 0 N–H and O–H groups in total. The van der Waals surface area contributed by atoms with Crippen molar-refractivity contribution >= 4 is 25.4 Å². The normalized spacial score (nSPS) is 10.5. The Kier molecular flexibility index (Phi) is 7.89. The van der Waals surface area contributed by atoms with E-state index in [1.54, 1.807) is 0 Å². The van der Waals surface area contributed by atoms with E-state index in [2.05, 4.69) is 74.2 Å². The van der Waals surface area contributed by atoms with Crippen LogP contribution < -0.4 is 9.20 Å². The number of carbonyl (C=O) groups is 1. The van der Waals surface area contributed by atoms with Crippen molar-refractivity contribution in [3.8, 4) is 16.9 Å². The van der Waals surface area contributed by atoms with E-state index in [-0.39, 0.29) is 13.2 Å². The molecule has 0 fully saturated rings. The standard InChI is InChI=1S/C26H26O3Se/c1-4-15-28-26(27)17-29-25-14-13-24(16-20(25)3)30-18-21-7-11-23(12-8-21)22-9-5-19(2)6-10-22/h4-14,16H,1,15,17-18H2,2-3H3. The molecule has 0 aliphatic heterocycles. The van der Waals surface area contributed by atoms with E-state index in [0.29, 0.717) is 20.7 Å². The molecule has 4 heteroatoms. The zero-order valence-electron chi connectivity index (χ0n) is 17.4. The monoisotopic (exact) mass is 466 g/mol. The van der Waals surface area contributed by atoms with E-state index in [4.69, 9.17) is 9.47 Å². The molecule has 0 radical (unpaired) electrons. The third-order valence-corrected chi connectivity index (χ3v) is 6.83. The zero-order valence-corrected chi connectivity index (χ0v) is 19.1. The summed E-state index contributed by atoms with van der Waals surface area (Å²) in [7, 11) is 0. The molecule has 3 aromatic carbocycles. The molecule has 0 aliphatic carbocycles. The van der Waals surface area contributed by atoms with E-state index in [1.165, 1.54) is 32.8 Å². The Morgan fingerprint density at radius 3 is 2.27 bits per heavy atom. The van der Waals surface area contributed by atoms with Crippen LogP contribution in [0.4, 0.5) is 0 Å². The van der Waals surface area contributed by atoms with Crippen LogP contribution in [0.2, 0.25) is 0 Å². The second kappa shape index (κ2) is 10.8. The molecule has 0 heterocycles. The van der Waals surface area contributed by atoms with Gasteiger partial charge < -0.3 is 0 Å². The fourth-order valence-electron chi connectivity index (χ4n) is 2.91. The molecular weight excluding hydrogens is 439 g/mol. The Morgan fingerprint density at radius 1 is 0.967 bits per heavy atom. The van der Waals surface area contributed by atoms with Gasteiger partial charge in [0.25, 0.3) is 0 Å². The van der Waals surface area contributed by atoms with Crippen LogP contribution in [-0.2, 0) is 14.9 Å². The Labute approximate surface area is 184 Å². The quantitative estimate of drug-likeness (QED) is 0.263. The molecule has 0 saturated heterocycles. The minimum absolute atomic E-state index is 0.0908. The van der Waals surface area contributed by atoms with Crippen molar-refractivity contribution in [1.82, 2.24) is 0 Å². The molecule has 0 saturated carbocycles. The number of esters is 1. The molecule has 3 nitrogen and oxygen atoms in total. The Balaban J connectivity index is 1.54. The first-order chi connectivity index (χ1) is 14.5. The zero-order chi connectivity index (χ0) is 21.3. The van der Waals surface area contributed by atoms with Gasteiger partial charge >= 0.3 is 185 Å². The molecule has 0 aromatic heterocycles. The second-order valence-corrected chi connectivity index (χ2v) is 9.24. The maximum absolute atomic E-state index is 11.6. The molecule has 0 spiro atoms. The van der Waals surface area contributed by atoms with Crippen molar-refractivity contribution in [3.05, 3.63) is 96.1 Å². The van der Waals surface area contributed by atoms with Crippen LogP contribution in [-0.4, -0.2) is 34.1 Å². The molecule has 0 atom stereocenters. The number of carbonyl (C=O) groups excluding carboxylic acids is 1. The van der Waals surface area contributed by atoms with Crippen LogP contribution in [0.5, 0.6) is 5.75 Å². The van der Waals surface area contributed by atoms with Gasteiger partial charge in [-0.2, -0.15) is 0 Å². The number of ether oxygens (including phenoxy) is 2. The number of aryl methyl sites for hydroxylation is 2. The number of hydrogen-bond donors (Lipinski definition) is 0. The molecular formula is C26H26O3Se. The van der Waals surface area contributed by atoms with Crippen LogP contribution in [0.3, 0.4) is 0 Å².